The van der Waals surface area contributed by atoms with Crippen LogP contribution in [0.15, 0.2) is 18.2 Å². The lowest BCUT2D eigenvalue weighted by Gasteiger charge is -2.16. The summed E-state index contributed by atoms with van der Waals surface area (Å²) >= 11 is 0. The quantitative estimate of drug-likeness (QED) is 0.841. The minimum atomic E-state index is -0.243. The van der Waals surface area contributed by atoms with Gasteiger partial charge in [-0.1, -0.05) is 26.0 Å². The maximum absolute atomic E-state index is 12.1. The zero-order valence-corrected chi connectivity index (χ0v) is 12.1. The predicted molar refractivity (Wildman–Crippen MR) is 74.8 cm³/mol. The molecule has 0 aliphatic carbocycles. The molecule has 2 rings (SSSR count). The second kappa shape index (κ2) is 5.63. The minimum Gasteiger partial charge on any atom is -0.496 e. The molecular formula is C15H20N2O3. The summed E-state index contributed by atoms with van der Waals surface area (Å²) < 4.78 is 5.27. The van der Waals surface area contributed by atoms with Crippen LogP contribution >= 0.6 is 0 Å². The number of hydrogen-bond acceptors (Lipinski definition) is 4. The van der Waals surface area contributed by atoms with Crippen LogP contribution in [-0.2, 0) is 22.7 Å². The maximum atomic E-state index is 12.1. The maximum Gasteiger partial charge on any atom is 0.233 e. The van der Waals surface area contributed by atoms with Crippen LogP contribution in [0.25, 0.3) is 0 Å². The molecule has 1 aliphatic rings. The number of hydrogen-bond donors (Lipinski definition) is 1. The molecule has 0 bridgehead atoms. The molecular weight excluding hydrogens is 256 g/mol. The van der Waals surface area contributed by atoms with Crippen LogP contribution in [0.2, 0.25) is 0 Å². The number of carbonyl (C=O) groups is 2. The fourth-order valence-corrected chi connectivity index (χ4v) is 2.42. The molecule has 1 heterocycles. The van der Waals surface area contributed by atoms with Crippen molar-refractivity contribution in [1.82, 2.24) is 4.90 Å². The van der Waals surface area contributed by atoms with Crippen LogP contribution in [0.3, 0.4) is 0 Å². The molecule has 0 aromatic heterocycles. The van der Waals surface area contributed by atoms with E-state index >= 15 is 0 Å². The number of nitrogens with zero attached hydrogens (tertiary/aromatic N) is 1. The van der Waals surface area contributed by atoms with Gasteiger partial charge in [-0.3, -0.25) is 14.5 Å². The molecule has 2 atom stereocenters. The van der Waals surface area contributed by atoms with Crippen LogP contribution in [0.1, 0.15) is 25.0 Å². The van der Waals surface area contributed by atoms with E-state index in [1.54, 1.807) is 21.0 Å². The summed E-state index contributed by atoms with van der Waals surface area (Å²) in [6, 6.07) is 5.57. The summed E-state index contributed by atoms with van der Waals surface area (Å²) in [5, 5.41) is 0. The van der Waals surface area contributed by atoms with Crippen LogP contribution < -0.4 is 10.5 Å². The summed E-state index contributed by atoms with van der Waals surface area (Å²) in [5.41, 5.74) is 7.38. The standard InChI is InChI=1S/C15H20N2O3/c1-9-10(2)15(19)17(14(9)18)8-11-4-5-12(7-16)13(6-11)20-3/h4-6,9-10H,7-8,16H2,1-3H3. The van der Waals surface area contributed by atoms with E-state index in [1.165, 1.54) is 4.90 Å². The third-order valence-corrected chi connectivity index (χ3v) is 3.97. The number of imide groups is 1. The van der Waals surface area contributed by atoms with Crippen molar-refractivity contribution in [2.45, 2.75) is 26.9 Å². The molecule has 20 heavy (non-hydrogen) atoms. The number of amides is 2. The highest BCUT2D eigenvalue weighted by Gasteiger charge is 2.41. The molecule has 1 aromatic carbocycles. The first-order valence-electron chi connectivity index (χ1n) is 6.70. The summed E-state index contributed by atoms with van der Waals surface area (Å²) in [6.07, 6.45) is 0. The van der Waals surface area contributed by atoms with Crippen LogP contribution in [0, 0.1) is 11.8 Å². The first-order valence-corrected chi connectivity index (χ1v) is 6.70. The molecule has 2 unspecified atom stereocenters. The fraction of sp³-hybridized carbons (Fsp3) is 0.467. The van der Waals surface area contributed by atoms with Gasteiger partial charge in [0.15, 0.2) is 0 Å². The number of likely N-dealkylation sites (tertiary alicyclic amines) is 1. The molecule has 1 fully saturated rings. The number of methoxy groups -OCH3 is 1. The lowest BCUT2D eigenvalue weighted by Crippen LogP contribution is -2.30. The molecule has 108 valence electrons. The van der Waals surface area contributed by atoms with E-state index in [2.05, 4.69) is 0 Å². The zero-order valence-electron chi connectivity index (χ0n) is 12.1. The highest BCUT2D eigenvalue weighted by atomic mass is 16.5. The molecule has 0 spiro atoms. The molecule has 0 saturated carbocycles. The lowest BCUT2D eigenvalue weighted by molar-refractivity contribution is -0.140. The third-order valence-electron chi connectivity index (χ3n) is 3.97. The number of nitrogens with two attached hydrogens (primary N) is 1. The van der Waals surface area contributed by atoms with E-state index in [4.69, 9.17) is 10.5 Å². The van der Waals surface area contributed by atoms with Crippen LogP contribution in [0.4, 0.5) is 0 Å². The summed E-state index contributed by atoms with van der Waals surface area (Å²) in [4.78, 5) is 25.4. The topological polar surface area (TPSA) is 72.6 Å². The average molecular weight is 276 g/mol. The highest BCUT2D eigenvalue weighted by molar-refractivity contribution is 6.04. The van der Waals surface area contributed by atoms with Gasteiger partial charge in [-0.05, 0) is 11.6 Å². The van der Waals surface area contributed by atoms with Crippen LogP contribution in [-0.4, -0.2) is 23.8 Å². The Kier molecular flexibility index (Phi) is 4.09. The average Bonchev–Trinajstić information content (AvgIpc) is 2.65. The molecule has 2 amide bonds. The van der Waals surface area contributed by atoms with Crippen LogP contribution in [0.5, 0.6) is 5.75 Å². The predicted octanol–water partition coefficient (Wildman–Crippen LogP) is 1.29. The van der Waals surface area contributed by atoms with Gasteiger partial charge < -0.3 is 10.5 Å². The van der Waals surface area contributed by atoms with E-state index in [0.29, 0.717) is 12.3 Å². The van der Waals surface area contributed by atoms with E-state index < -0.39 is 0 Å². The van der Waals surface area contributed by atoms with Crippen molar-refractivity contribution < 1.29 is 14.3 Å². The summed E-state index contributed by atoms with van der Waals surface area (Å²) in [6.45, 7) is 4.26. The van der Waals surface area contributed by atoms with Gasteiger partial charge in [0, 0.05) is 23.9 Å². The Balaban J connectivity index is 2.22. The van der Waals surface area contributed by atoms with Crippen molar-refractivity contribution in [1.29, 1.82) is 0 Å². The summed E-state index contributed by atoms with van der Waals surface area (Å²) in [7, 11) is 1.58. The molecule has 5 nitrogen and oxygen atoms in total. The van der Waals surface area contributed by atoms with Gasteiger partial charge in [-0.15, -0.1) is 0 Å². The Morgan fingerprint density at radius 1 is 1.20 bits per heavy atom. The Bertz CT molecular complexity index is 522. The molecule has 1 aliphatic heterocycles. The Morgan fingerprint density at radius 3 is 2.30 bits per heavy atom. The van der Waals surface area contributed by atoms with E-state index in [0.717, 1.165) is 11.1 Å². The largest absolute Gasteiger partial charge is 0.496 e. The lowest BCUT2D eigenvalue weighted by atomic mass is 10.00. The van der Waals surface area contributed by atoms with Crippen molar-refractivity contribution in [3.8, 4) is 5.75 Å². The van der Waals surface area contributed by atoms with Gasteiger partial charge >= 0.3 is 0 Å². The number of rotatable bonds is 4. The van der Waals surface area contributed by atoms with Crippen molar-refractivity contribution in [2.75, 3.05) is 7.11 Å². The van der Waals surface area contributed by atoms with Crippen molar-refractivity contribution >= 4 is 11.8 Å². The highest BCUT2D eigenvalue weighted by Crippen LogP contribution is 2.28. The van der Waals surface area contributed by atoms with Crippen molar-refractivity contribution in [3.63, 3.8) is 0 Å². The first-order chi connectivity index (χ1) is 9.49. The Hall–Kier alpha value is -1.88. The SMILES string of the molecule is COc1cc(CN2C(=O)C(C)C(C)C2=O)ccc1CN. The fourth-order valence-electron chi connectivity index (χ4n) is 2.42. The van der Waals surface area contributed by atoms with Gasteiger partial charge in [-0.2, -0.15) is 0 Å². The Morgan fingerprint density at radius 2 is 1.80 bits per heavy atom. The normalized spacial score (nSPS) is 22.5. The van der Waals surface area contributed by atoms with Gasteiger partial charge in [-0.25, -0.2) is 0 Å². The Labute approximate surface area is 118 Å². The number of ether oxygens (including phenoxy) is 1. The number of carbonyl (C=O) groups excluding carboxylic acids is 2. The van der Waals surface area contributed by atoms with E-state index in [1.807, 2.05) is 18.2 Å². The third kappa shape index (κ3) is 2.41. The molecule has 5 heteroatoms. The summed E-state index contributed by atoms with van der Waals surface area (Å²) in [5.74, 6) is -0.0145. The van der Waals surface area contributed by atoms with Crippen molar-refractivity contribution in [2.24, 2.45) is 17.6 Å². The molecule has 2 N–H and O–H groups in total. The second-order valence-electron chi connectivity index (χ2n) is 5.19. The molecule has 0 radical (unpaired) electrons. The smallest absolute Gasteiger partial charge is 0.233 e. The number of benzene rings is 1. The monoisotopic (exact) mass is 276 g/mol. The van der Waals surface area contributed by atoms with Crippen molar-refractivity contribution in [3.05, 3.63) is 29.3 Å². The van der Waals surface area contributed by atoms with E-state index in [-0.39, 0.29) is 30.2 Å². The minimum absolute atomic E-state index is 0.107. The van der Waals surface area contributed by atoms with E-state index in [9.17, 15) is 9.59 Å². The molecule has 1 saturated heterocycles. The molecule has 1 aromatic rings. The zero-order chi connectivity index (χ0) is 14.9. The second-order valence-corrected chi connectivity index (χ2v) is 5.19. The van der Waals surface area contributed by atoms with Gasteiger partial charge in [0.1, 0.15) is 5.75 Å². The van der Waals surface area contributed by atoms with Gasteiger partial charge in [0.05, 0.1) is 13.7 Å². The van der Waals surface area contributed by atoms with Gasteiger partial charge in [0.2, 0.25) is 11.8 Å². The van der Waals surface area contributed by atoms with Gasteiger partial charge in [0.25, 0.3) is 0 Å². The first kappa shape index (κ1) is 14.5.